The normalized spacial score (nSPS) is 12.2. The third-order valence-electron chi connectivity index (χ3n) is 5.54. The Labute approximate surface area is 163 Å². The van der Waals surface area contributed by atoms with Gasteiger partial charge in [0, 0.05) is 5.92 Å². The maximum Gasteiger partial charge on any atom is 0.137 e. The van der Waals surface area contributed by atoms with E-state index in [0.29, 0.717) is 5.78 Å². The van der Waals surface area contributed by atoms with E-state index in [1.807, 2.05) is 18.2 Å². The lowest BCUT2D eigenvalue weighted by atomic mass is 9.90. The van der Waals surface area contributed by atoms with Crippen LogP contribution in [0.3, 0.4) is 0 Å². The first-order valence-electron chi connectivity index (χ1n) is 11.3. The van der Waals surface area contributed by atoms with Crippen molar-refractivity contribution in [3.8, 4) is 0 Å². The van der Waals surface area contributed by atoms with Crippen LogP contribution in [-0.4, -0.2) is 5.78 Å². The molecule has 0 saturated carbocycles. The molecule has 1 aromatic carbocycles. The van der Waals surface area contributed by atoms with Gasteiger partial charge >= 0.3 is 0 Å². The quantitative estimate of drug-likeness (QED) is 0.256. The molecular weight excluding hydrogens is 316 g/mol. The number of carbonyl (C=O) groups excluding carboxylic acids is 1. The molecule has 26 heavy (non-hydrogen) atoms. The van der Waals surface area contributed by atoms with E-state index in [0.717, 1.165) is 6.42 Å². The standard InChI is InChI=1S/C25H42O/c1-3-4-5-6-7-8-9-10-11-12-13-14-15-19-22-25(23(2)26)24-20-17-16-18-21-24/h16-18,20-21,25H,3-15,19,22H2,1-2H3. The molecule has 1 aromatic rings. The van der Waals surface area contributed by atoms with Crippen LogP contribution in [0.5, 0.6) is 0 Å². The maximum absolute atomic E-state index is 11.9. The van der Waals surface area contributed by atoms with Crippen molar-refractivity contribution in [2.75, 3.05) is 0 Å². The molecule has 148 valence electrons. The molecule has 0 saturated heterocycles. The zero-order chi connectivity index (χ0) is 18.9. The third kappa shape index (κ3) is 11.5. The van der Waals surface area contributed by atoms with Crippen molar-refractivity contribution in [3.05, 3.63) is 35.9 Å². The molecule has 1 heteroatoms. The zero-order valence-electron chi connectivity index (χ0n) is 17.5. The number of Topliss-reactive ketones (excluding diaryl/α,β-unsaturated/α-hetero) is 1. The molecule has 1 atom stereocenters. The second-order valence-corrected chi connectivity index (χ2v) is 7.96. The van der Waals surface area contributed by atoms with Crippen LogP contribution in [0.2, 0.25) is 0 Å². The highest BCUT2D eigenvalue weighted by molar-refractivity contribution is 5.83. The Bertz CT molecular complexity index is 437. The third-order valence-corrected chi connectivity index (χ3v) is 5.54. The molecule has 0 N–H and O–H groups in total. The number of carbonyl (C=O) groups is 1. The molecule has 0 amide bonds. The first kappa shape index (κ1) is 22.9. The highest BCUT2D eigenvalue weighted by atomic mass is 16.1. The van der Waals surface area contributed by atoms with Crippen molar-refractivity contribution >= 4 is 5.78 Å². The first-order valence-corrected chi connectivity index (χ1v) is 11.3. The van der Waals surface area contributed by atoms with E-state index in [1.54, 1.807) is 6.92 Å². The fraction of sp³-hybridized carbons (Fsp3) is 0.720. The summed E-state index contributed by atoms with van der Waals surface area (Å²) < 4.78 is 0. The summed E-state index contributed by atoms with van der Waals surface area (Å²) in [6.07, 6.45) is 20.3. The summed E-state index contributed by atoms with van der Waals surface area (Å²) in [5.74, 6) is 0.416. The highest BCUT2D eigenvalue weighted by Gasteiger charge is 2.15. The van der Waals surface area contributed by atoms with Crippen LogP contribution in [0, 0.1) is 0 Å². The van der Waals surface area contributed by atoms with Crippen LogP contribution in [0.1, 0.15) is 122 Å². The van der Waals surface area contributed by atoms with E-state index in [9.17, 15) is 4.79 Å². The molecule has 0 spiro atoms. The summed E-state index contributed by atoms with van der Waals surface area (Å²) in [6.45, 7) is 4.02. The van der Waals surface area contributed by atoms with E-state index in [2.05, 4.69) is 19.1 Å². The van der Waals surface area contributed by atoms with Crippen molar-refractivity contribution in [3.63, 3.8) is 0 Å². The lowest BCUT2D eigenvalue weighted by Gasteiger charge is -2.14. The van der Waals surface area contributed by atoms with Gasteiger partial charge in [-0.3, -0.25) is 4.79 Å². The summed E-state index contributed by atoms with van der Waals surface area (Å²) in [5, 5.41) is 0. The SMILES string of the molecule is CCCCCCCCCCCCCCCCC(C(C)=O)c1ccccc1. The molecule has 0 aliphatic rings. The summed E-state index contributed by atoms with van der Waals surface area (Å²) in [7, 11) is 0. The zero-order valence-corrected chi connectivity index (χ0v) is 17.5. The summed E-state index contributed by atoms with van der Waals surface area (Å²) in [5.41, 5.74) is 1.19. The van der Waals surface area contributed by atoms with E-state index >= 15 is 0 Å². The molecule has 0 aromatic heterocycles. The monoisotopic (exact) mass is 358 g/mol. The minimum atomic E-state index is 0.105. The lowest BCUT2D eigenvalue weighted by molar-refractivity contribution is -0.118. The number of hydrogen-bond acceptors (Lipinski definition) is 1. The number of hydrogen-bond donors (Lipinski definition) is 0. The Balaban J connectivity index is 1.93. The Hall–Kier alpha value is -1.11. The molecule has 0 heterocycles. The van der Waals surface area contributed by atoms with Crippen molar-refractivity contribution in [1.82, 2.24) is 0 Å². The van der Waals surface area contributed by atoms with Gasteiger partial charge in [0.1, 0.15) is 5.78 Å². The van der Waals surface area contributed by atoms with E-state index < -0.39 is 0 Å². The molecule has 1 rings (SSSR count). The smallest absolute Gasteiger partial charge is 0.137 e. The van der Waals surface area contributed by atoms with Gasteiger partial charge < -0.3 is 0 Å². The number of unbranched alkanes of at least 4 members (excludes halogenated alkanes) is 13. The van der Waals surface area contributed by atoms with Crippen LogP contribution in [-0.2, 0) is 4.79 Å². The molecule has 0 radical (unpaired) electrons. The molecule has 0 fully saturated rings. The van der Waals surface area contributed by atoms with Gasteiger partial charge in [-0.2, -0.15) is 0 Å². The number of ketones is 1. The first-order chi connectivity index (χ1) is 12.8. The number of rotatable bonds is 17. The minimum absolute atomic E-state index is 0.105. The molecule has 0 aliphatic heterocycles. The van der Waals surface area contributed by atoms with Gasteiger partial charge in [0.05, 0.1) is 0 Å². The largest absolute Gasteiger partial charge is 0.299 e. The average Bonchev–Trinajstić information content (AvgIpc) is 2.65. The van der Waals surface area contributed by atoms with Crippen LogP contribution >= 0.6 is 0 Å². The predicted octanol–water partition coefficient (Wildman–Crippen LogP) is 8.23. The maximum atomic E-state index is 11.9. The topological polar surface area (TPSA) is 17.1 Å². The van der Waals surface area contributed by atoms with Crippen LogP contribution in [0.25, 0.3) is 0 Å². The van der Waals surface area contributed by atoms with E-state index in [1.165, 1.54) is 95.5 Å². The summed E-state index contributed by atoms with van der Waals surface area (Å²) in [6, 6.07) is 10.3. The van der Waals surface area contributed by atoms with Gasteiger partial charge in [-0.15, -0.1) is 0 Å². The minimum Gasteiger partial charge on any atom is -0.299 e. The second kappa shape index (κ2) is 16.1. The van der Waals surface area contributed by atoms with Crippen LogP contribution in [0.15, 0.2) is 30.3 Å². The molecule has 0 aliphatic carbocycles. The molecule has 1 unspecified atom stereocenters. The van der Waals surface area contributed by atoms with Gasteiger partial charge in [0.15, 0.2) is 0 Å². The van der Waals surface area contributed by atoms with Gasteiger partial charge in [0.2, 0.25) is 0 Å². The fourth-order valence-corrected chi connectivity index (χ4v) is 3.83. The van der Waals surface area contributed by atoms with Crippen molar-refractivity contribution in [2.45, 2.75) is 116 Å². The Morgan fingerprint density at radius 3 is 1.54 bits per heavy atom. The Kier molecular flexibility index (Phi) is 14.2. The van der Waals surface area contributed by atoms with E-state index in [-0.39, 0.29) is 5.92 Å². The van der Waals surface area contributed by atoms with Crippen LogP contribution in [0.4, 0.5) is 0 Å². The second-order valence-electron chi connectivity index (χ2n) is 7.96. The lowest BCUT2D eigenvalue weighted by Crippen LogP contribution is -2.08. The van der Waals surface area contributed by atoms with Crippen molar-refractivity contribution < 1.29 is 4.79 Å². The van der Waals surface area contributed by atoms with Gasteiger partial charge in [-0.1, -0.05) is 127 Å². The highest BCUT2D eigenvalue weighted by Crippen LogP contribution is 2.24. The molecule has 1 nitrogen and oxygen atoms in total. The van der Waals surface area contributed by atoms with Crippen molar-refractivity contribution in [1.29, 1.82) is 0 Å². The van der Waals surface area contributed by atoms with Crippen LogP contribution < -0.4 is 0 Å². The Morgan fingerprint density at radius 2 is 1.12 bits per heavy atom. The summed E-state index contributed by atoms with van der Waals surface area (Å²) in [4.78, 5) is 11.9. The molecular formula is C25H42O. The van der Waals surface area contributed by atoms with Gasteiger partial charge in [-0.05, 0) is 18.9 Å². The van der Waals surface area contributed by atoms with Gasteiger partial charge in [-0.25, -0.2) is 0 Å². The average molecular weight is 359 g/mol. The fourth-order valence-electron chi connectivity index (χ4n) is 3.83. The number of benzene rings is 1. The summed E-state index contributed by atoms with van der Waals surface area (Å²) >= 11 is 0. The van der Waals surface area contributed by atoms with Gasteiger partial charge in [0.25, 0.3) is 0 Å². The molecule has 0 bridgehead atoms. The Morgan fingerprint density at radius 1 is 0.692 bits per heavy atom. The van der Waals surface area contributed by atoms with E-state index in [4.69, 9.17) is 0 Å². The van der Waals surface area contributed by atoms with Crippen molar-refractivity contribution in [2.24, 2.45) is 0 Å². The predicted molar refractivity (Wildman–Crippen MR) is 115 cm³/mol.